The molecule has 0 aliphatic rings. The van der Waals surface area contributed by atoms with Crippen LogP contribution in [0.1, 0.15) is 26.7 Å². The maximum Gasteiger partial charge on any atom is 0.102 e. The lowest BCUT2D eigenvalue weighted by atomic mass is 10.1. The SMILES string of the molecule is CC(O)N[C@@H](CCCO)C(C)O. The number of hydrogen-bond acceptors (Lipinski definition) is 4. The predicted molar refractivity (Wildman–Crippen MR) is 46.6 cm³/mol. The monoisotopic (exact) mass is 177 g/mol. The average Bonchev–Trinajstić information content (AvgIpc) is 1.96. The molecule has 12 heavy (non-hydrogen) atoms. The van der Waals surface area contributed by atoms with Gasteiger partial charge >= 0.3 is 0 Å². The van der Waals surface area contributed by atoms with Crippen molar-refractivity contribution in [3.05, 3.63) is 0 Å². The smallest absolute Gasteiger partial charge is 0.102 e. The van der Waals surface area contributed by atoms with E-state index < -0.39 is 12.3 Å². The van der Waals surface area contributed by atoms with Gasteiger partial charge in [0.1, 0.15) is 6.23 Å². The van der Waals surface area contributed by atoms with Crippen molar-refractivity contribution >= 4 is 0 Å². The summed E-state index contributed by atoms with van der Waals surface area (Å²) in [4.78, 5) is 0. The molecule has 0 aromatic carbocycles. The Bertz CT molecular complexity index is 106. The molecule has 0 bridgehead atoms. The van der Waals surface area contributed by atoms with Crippen molar-refractivity contribution < 1.29 is 15.3 Å². The molecule has 0 aliphatic carbocycles. The molecule has 0 saturated carbocycles. The van der Waals surface area contributed by atoms with E-state index in [1.54, 1.807) is 13.8 Å². The minimum Gasteiger partial charge on any atom is -0.396 e. The van der Waals surface area contributed by atoms with Gasteiger partial charge in [0.2, 0.25) is 0 Å². The summed E-state index contributed by atoms with van der Waals surface area (Å²) in [6.07, 6.45) is 0.170. The lowest BCUT2D eigenvalue weighted by Gasteiger charge is -2.22. The lowest BCUT2D eigenvalue weighted by molar-refractivity contribution is 0.0765. The van der Waals surface area contributed by atoms with Gasteiger partial charge in [0, 0.05) is 12.6 Å². The van der Waals surface area contributed by atoms with Crippen molar-refractivity contribution in [2.24, 2.45) is 0 Å². The van der Waals surface area contributed by atoms with Gasteiger partial charge in [-0.1, -0.05) is 0 Å². The summed E-state index contributed by atoms with van der Waals surface area (Å²) in [7, 11) is 0. The second kappa shape index (κ2) is 6.37. The van der Waals surface area contributed by atoms with E-state index in [1.807, 2.05) is 0 Å². The molecule has 4 N–H and O–H groups in total. The minimum atomic E-state index is -0.622. The van der Waals surface area contributed by atoms with E-state index in [2.05, 4.69) is 5.32 Å². The number of hydrogen-bond donors (Lipinski definition) is 4. The Hall–Kier alpha value is -0.160. The Morgan fingerprint density at radius 2 is 1.83 bits per heavy atom. The van der Waals surface area contributed by atoms with Crippen molar-refractivity contribution in [3.63, 3.8) is 0 Å². The highest BCUT2D eigenvalue weighted by atomic mass is 16.3. The van der Waals surface area contributed by atoms with Gasteiger partial charge < -0.3 is 15.3 Å². The molecule has 3 atom stereocenters. The molecule has 74 valence electrons. The minimum absolute atomic E-state index is 0.116. The predicted octanol–water partition coefficient (Wildman–Crippen LogP) is -0.564. The number of aliphatic hydroxyl groups excluding tert-OH is 3. The highest BCUT2D eigenvalue weighted by molar-refractivity contribution is 4.72. The first-order chi connectivity index (χ1) is 5.57. The van der Waals surface area contributed by atoms with E-state index >= 15 is 0 Å². The van der Waals surface area contributed by atoms with Crippen LogP contribution in [0.15, 0.2) is 0 Å². The van der Waals surface area contributed by atoms with Gasteiger partial charge in [0.15, 0.2) is 0 Å². The first-order valence-corrected chi connectivity index (χ1v) is 4.31. The van der Waals surface area contributed by atoms with Crippen LogP contribution in [-0.4, -0.2) is 40.3 Å². The molecule has 0 saturated heterocycles. The van der Waals surface area contributed by atoms with Crippen molar-refractivity contribution in [1.82, 2.24) is 5.32 Å². The second-order valence-electron chi connectivity index (χ2n) is 3.06. The summed E-state index contributed by atoms with van der Waals surface area (Å²) < 4.78 is 0. The van der Waals surface area contributed by atoms with Gasteiger partial charge in [-0.05, 0) is 26.7 Å². The average molecular weight is 177 g/mol. The Balaban J connectivity index is 3.70. The Kier molecular flexibility index (Phi) is 6.28. The summed E-state index contributed by atoms with van der Waals surface area (Å²) in [5, 5.41) is 29.6. The van der Waals surface area contributed by atoms with Gasteiger partial charge in [-0.15, -0.1) is 0 Å². The highest BCUT2D eigenvalue weighted by Gasteiger charge is 2.15. The molecule has 0 aromatic heterocycles. The van der Waals surface area contributed by atoms with Crippen LogP contribution in [-0.2, 0) is 0 Å². The number of nitrogens with one attached hydrogen (secondary N) is 1. The van der Waals surface area contributed by atoms with Gasteiger partial charge in [0.25, 0.3) is 0 Å². The fourth-order valence-electron chi connectivity index (χ4n) is 1.08. The van der Waals surface area contributed by atoms with E-state index in [4.69, 9.17) is 10.2 Å². The largest absolute Gasteiger partial charge is 0.396 e. The molecular formula is C8H19NO3. The van der Waals surface area contributed by atoms with Crippen LogP contribution in [0.2, 0.25) is 0 Å². The summed E-state index contributed by atoms with van der Waals surface area (Å²) in [6, 6.07) is -0.142. The van der Waals surface area contributed by atoms with E-state index in [-0.39, 0.29) is 12.6 Å². The van der Waals surface area contributed by atoms with Crippen LogP contribution in [0.25, 0.3) is 0 Å². The van der Waals surface area contributed by atoms with Crippen molar-refractivity contribution in [1.29, 1.82) is 0 Å². The fourth-order valence-corrected chi connectivity index (χ4v) is 1.08. The molecule has 0 radical (unpaired) electrons. The molecule has 0 aliphatic heterocycles. The zero-order valence-electron chi connectivity index (χ0n) is 7.70. The second-order valence-corrected chi connectivity index (χ2v) is 3.06. The third kappa shape index (κ3) is 5.49. The molecule has 0 heterocycles. The zero-order chi connectivity index (χ0) is 9.56. The Morgan fingerprint density at radius 1 is 1.25 bits per heavy atom. The third-order valence-electron chi connectivity index (χ3n) is 1.71. The topological polar surface area (TPSA) is 72.7 Å². The maximum atomic E-state index is 9.23. The summed E-state index contributed by atoms with van der Waals surface area (Å²) >= 11 is 0. The molecule has 4 heteroatoms. The molecule has 4 nitrogen and oxygen atoms in total. The summed E-state index contributed by atoms with van der Waals surface area (Å²) in [5.41, 5.74) is 0. The number of aliphatic hydroxyl groups is 3. The van der Waals surface area contributed by atoms with Crippen LogP contribution in [0.4, 0.5) is 0 Å². The van der Waals surface area contributed by atoms with Crippen molar-refractivity contribution in [3.8, 4) is 0 Å². The van der Waals surface area contributed by atoms with Crippen LogP contribution in [0.5, 0.6) is 0 Å². The van der Waals surface area contributed by atoms with Crippen LogP contribution >= 0.6 is 0 Å². The molecular weight excluding hydrogens is 158 g/mol. The lowest BCUT2D eigenvalue weighted by Crippen LogP contribution is -2.43. The van der Waals surface area contributed by atoms with Gasteiger partial charge in [-0.2, -0.15) is 0 Å². The van der Waals surface area contributed by atoms with E-state index in [1.165, 1.54) is 0 Å². The first-order valence-electron chi connectivity index (χ1n) is 4.31. The van der Waals surface area contributed by atoms with Gasteiger partial charge in [0.05, 0.1) is 6.10 Å². The number of rotatable bonds is 6. The molecule has 0 fully saturated rings. The van der Waals surface area contributed by atoms with Crippen LogP contribution < -0.4 is 5.32 Å². The molecule has 2 unspecified atom stereocenters. The maximum absolute atomic E-state index is 9.23. The van der Waals surface area contributed by atoms with Crippen molar-refractivity contribution in [2.45, 2.75) is 45.1 Å². The molecule has 0 aromatic rings. The van der Waals surface area contributed by atoms with E-state index in [0.717, 1.165) is 0 Å². The highest BCUT2D eigenvalue weighted by Crippen LogP contribution is 2.02. The van der Waals surface area contributed by atoms with Crippen molar-refractivity contribution in [2.75, 3.05) is 6.61 Å². The zero-order valence-corrected chi connectivity index (χ0v) is 7.70. The Morgan fingerprint density at radius 3 is 2.17 bits per heavy atom. The Labute approximate surface area is 73.2 Å². The van der Waals surface area contributed by atoms with Gasteiger partial charge in [-0.3, -0.25) is 5.32 Å². The van der Waals surface area contributed by atoms with Crippen LogP contribution in [0.3, 0.4) is 0 Å². The normalized spacial score (nSPS) is 18.8. The summed E-state index contributed by atoms with van der Waals surface area (Å²) in [5.74, 6) is 0. The molecule has 0 spiro atoms. The molecule has 0 rings (SSSR count). The summed E-state index contributed by atoms with van der Waals surface area (Å²) in [6.45, 7) is 3.39. The van der Waals surface area contributed by atoms with E-state index in [0.29, 0.717) is 12.8 Å². The molecule has 0 amide bonds. The fraction of sp³-hybridized carbons (Fsp3) is 1.00. The third-order valence-corrected chi connectivity index (χ3v) is 1.71. The van der Waals surface area contributed by atoms with Crippen LogP contribution in [0, 0.1) is 0 Å². The quantitative estimate of drug-likeness (QED) is 0.410. The first kappa shape index (κ1) is 11.8. The standard InChI is InChI=1S/C8H19NO3/c1-6(11)8(4-3-5-10)9-7(2)12/h6-12H,3-5H2,1-2H3/t6?,7?,8-/m0/s1. The van der Waals surface area contributed by atoms with E-state index in [9.17, 15) is 5.11 Å². The van der Waals surface area contributed by atoms with Gasteiger partial charge in [-0.25, -0.2) is 0 Å².